The maximum Gasteiger partial charge on any atom is 0.325 e. The molecule has 0 aliphatic carbocycles. The molecule has 1 fully saturated rings. The molecule has 0 spiro atoms. The van der Waals surface area contributed by atoms with Crippen LogP contribution in [0.25, 0.3) is 0 Å². The van der Waals surface area contributed by atoms with Crippen LogP contribution in [0.4, 0.5) is 0 Å². The van der Waals surface area contributed by atoms with Crippen LogP contribution in [0, 0.1) is 0 Å². The largest absolute Gasteiger partial charge is 0.496 e. The van der Waals surface area contributed by atoms with Gasteiger partial charge < -0.3 is 20.5 Å². The normalized spacial score (nSPS) is 21.9. The molecule has 1 atom stereocenters. The average Bonchev–Trinajstić information content (AvgIpc) is 2.82. The van der Waals surface area contributed by atoms with Gasteiger partial charge in [0.25, 0.3) is 5.91 Å². The molecule has 0 aromatic heterocycles. The number of aliphatic carboxylic acids is 1. The molecule has 0 bridgehead atoms. The maximum atomic E-state index is 12.4. The number of amides is 1. The number of methoxy groups -OCH3 is 1. The van der Waals surface area contributed by atoms with Gasteiger partial charge in [0.15, 0.2) is 0 Å². The van der Waals surface area contributed by atoms with Crippen molar-refractivity contribution in [3.63, 3.8) is 0 Å². The number of carbonyl (C=O) groups is 2. The number of carboxylic acids is 1. The first-order valence-corrected chi connectivity index (χ1v) is 6.40. The molecule has 1 aliphatic heterocycles. The van der Waals surface area contributed by atoms with E-state index in [4.69, 9.17) is 27.2 Å². The summed E-state index contributed by atoms with van der Waals surface area (Å²) in [5.41, 5.74) is 4.67. The van der Waals surface area contributed by atoms with E-state index in [1.807, 2.05) is 0 Å². The molecule has 1 amide bonds. The van der Waals surface area contributed by atoms with Crippen LogP contribution in [-0.2, 0) is 4.79 Å². The lowest BCUT2D eigenvalue weighted by atomic mass is 10.0. The van der Waals surface area contributed by atoms with E-state index in [9.17, 15) is 9.59 Å². The first-order valence-electron chi connectivity index (χ1n) is 6.02. The van der Waals surface area contributed by atoms with Crippen molar-refractivity contribution in [1.29, 1.82) is 0 Å². The van der Waals surface area contributed by atoms with E-state index < -0.39 is 11.5 Å². The van der Waals surface area contributed by atoms with Crippen molar-refractivity contribution in [2.75, 3.05) is 20.2 Å². The van der Waals surface area contributed by atoms with Gasteiger partial charge in [-0.3, -0.25) is 9.59 Å². The van der Waals surface area contributed by atoms with Gasteiger partial charge >= 0.3 is 5.97 Å². The van der Waals surface area contributed by atoms with Crippen LogP contribution in [0.15, 0.2) is 18.2 Å². The molecular weight excluding hydrogens is 284 g/mol. The molecule has 0 radical (unpaired) electrons. The lowest BCUT2D eigenvalue weighted by Gasteiger charge is -2.21. The van der Waals surface area contributed by atoms with Crippen LogP contribution in [-0.4, -0.2) is 47.6 Å². The smallest absolute Gasteiger partial charge is 0.325 e. The van der Waals surface area contributed by atoms with Crippen LogP contribution in [0.2, 0.25) is 5.02 Å². The Bertz CT molecular complexity index is 563. The highest BCUT2D eigenvalue weighted by Crippen LogP contribution is 2.27. The molecule has 1 heterocycles. The molecule has 108 valence electrons. The quantitative estimate of drug-likeness (QED) is 0.867. The Kier molecular flexibility index (Phi) is 3.87. The molecule has 1 unspecified atom stereocenters. The van der Waals surface area contributed by atoms with Crippen molar-refractivity contribution >= 4 is 23.5 Å². The molecule has 3 N–H and O–H groups in total. The van der Waals surface area contributed by atoms with E-state index in [0.29, 0.717) is 16.3 Å². The van der Waals surface area contributed by atoms with Crippen molar-refractivity contribution in [1.82, 2.24) is 4.90 Å². The topological polar surface area (TPSA) is 92.9 Å². The van der Waals surface area contributed by atoms with Crippen molar-refractivity contribution in [2.45, 2.75) is 12.0 Å². The number of nitrogens with zero attached hydrogens (tertiary/aromatic N) is 1. The number of ether oxygens (including phenoxy) is 1. The van der Waals surface area contributed by atoms with E-state index in [-0.39, 0.29) is 25.4 Å². The molecular formula is C13H15ClN2O4. The second-order valence-electron chi connectivity index (χ2n) is 4.78. The SMILES string of the molecule is COc1ccc(Cl)cc1C(=O)N1CCC(N)(C(=O)O)C1. The minimum atomic E-state index is -1.39. The highest BCUT2D eigenvalue weighted by Gasteiger charge is 2.43. The summed E-state index contributed by atoms with van der Waals surface area (Å²) in [4.78, 5) is 24.9. The van der Waals surface area contributed by atoms with Gasteiger partial charge in [-0.25, -0.2) is 0 Å². The Morgan fingerprint density at radius 3 is 2.75 bits per heavy atom. The minimum absolute atomic E-state index is 0.0309. The predicted octanol–water partition coefficient (Wildman–Crippen LogP) is 0.977. The minimum Gasteiger partial charge on any atom is -0.496 e. The summed E-state index contributed by atoms with van der Waals surface area (Å²) in [6.45, 7) is 0.258. The lowest BCUT2D eigenvalue weighted by Crippen LogP contribution is -2.50. The molecule has 2 rings (SSSR count). The fourth-order valence-electron chi connectivity index (χ4n) is 2.20. The van der Waals surface area contributed by atoms with Crippen LogP contribution in [0.1, 0.15) is 16.8 Å². The first-order chi connectivity index (χ1) is 9.37. The van der Waals surface area contributed by atoms with Crippen LogP contribution < -0.4 is 10.5 Å². The molecule has 7 heteroatoms. The zero-order chi connectivity index (χ0) is 14.9. The molecule has 1 aliphatic rings. The highest BCUT2D eigenvalue weighted by atomic mass is 35.5. The number of carbonyl (C=O) groups excluding carboxylic acids is 1. The van der Waals surface area contributed by atoms with Gasteiger partial charge in [0.2, 0.25) is 0 Å². The molecule has 1 aromatic rings. The molecule has 20 heavy (non-hydrogen) atoms. The number of carboxylic acid groups (broad SMARTS) is 1. The third-order valence-electron chi connectivity index (χ3n) is 3.41. The summed E-state index contributed by atoms with van der Waals surface area (Å²) in [5.74, 6) is -1.05. The Hall–Kier alpha value is -1.79. The van der Waals surface area contributed by atoms with Gasteiger partial charge in [0, 0.05) is 18.1 Å². The Morgan fingerprint density at radius 2 is 2.20 bits per heavy atom. The monoisotopic (exact) mass is 298 g/mol. The average molecular weight is 299 g/mol. The van der Waals surface area contributed by atoms with E-state index in [1.165, 1.54) is 18.1 Å². The standard InChI is InChI=1S/C13H15ClN2O4/c1-20-10-3-2-8(14)6-9(10)11(17)16-5-4-13(15,7-16)12(18)19/h2-3,6H,4-5,7,15H2,1H3,(H,18,19). The molecule has 1 aromatic carbocycles. The van der Waals surface area contributed by atoms with Gasteiger partial charge in [-0.15, -0.1) is 0 Å². The Morgan fingerprint density at radius 1 is 1.50 bits per heavy atom. The summed E-state index contributed by atoms with van der Waals surface area (Å²) in [6.07, 6.45) is 0.219. The Labute approximate surface area is 121 Å². The van der Waals surface area contributed by atoms with E-state index >= 15 is 0 Å². The number of benzene rings is 1. The summed E-state index contributed by atoms with van der Waals surface area (Å²) in [6, 6.07) is 4.71. The molecule has 1 saturated heterocycles. The predicted molar refractivity (Wildman–Crippen MR) is 73.1 cm³/mol. The van der Waals surface area contributed by atoms with Gasteiger partial charge in [-0.1, -0.05) is 11.6 Å². The molecule has 0 saturated carbocycles. The van der Waals surface area contributed by atoms with E-state index in [2.05, 4.69) is 0 Å². The number of likely N-dealkylation sites (tertiary alicyclic amines) is 1. The van der Waals surface area contributed by atoms with E-state index in [0.717, 1.165) is 0 Å². The van der Waals surface area contributed by atoms with Crippen molar-refractivity contribution in [3.05, 3.63) is 28.8 Å². The zero-order valence-corrected chi connectivity index (χ0v) is 11.7. The third kappa shape index (κ3) is 2.57. The van der Waals surface area contributed by atoms with Gasteiger partial charge in [0.1, 0.15) is 11.3 Å². The maximum absolute atomic E-state index is 12.4. The Balaban J connectivity index is 2.25. The van der Waals surface area contributed by atoms with Crippen molar-refractivity contribution in [3.8, 4) is 5.75 Å². The number of rotatable bonds is 3. The summed E-state index contributed by atoms with van der Waals surface area (Å²) < 4.78 is 5.13. The number of nitrogens with two attached hydrogens (primary N) is 1. The summed E-state index contributed by atoms with van der Waals surface area (Å²) >= 11 is 5.89. The summed E-state index contributed by atoms with van der Waals surface area (Å²) in [7, 11) is 1.45. The van der Waals surface area contributed by atoms with E-state index in [1.54, 1.807) is 12.1 Å². The zero-order valence-electron chi connectivity index (χ0n) is 10.9. The number of hydrogen-bond acceptors (Lipinski definition) is 4. The summed E-state index contributed by atoms with van der Waals surface area (Å²) in [5, 5.41) is 9.49. The van der Waals surface area contributed by atoms with Crippen LogP contribution in [0.3, 0.4) is 0 Å². The van der Waals surface area contributed by atoms with Crippen LogP contribution in [0.5, 0.6) is 5.75 Å². The molecule has 6 nitrogen and oxygen atoms in total. The third-order valence-corrected chi connectivity index (χ3v) is 3.64. The van der Waals surface area contributed by atoms with Gasteiger partial charge in [0.05, 0.1) is 12.7 Å². The fraction of sp³-hybridized carbons (Fsp3) is 0.385. The van der Waals surface area contributed by atoms with Gasteiger partial charge in [-0.2, -0.15) is 0 Å². The van der Waals surface area contributed by atoms with Crippen LogP contribution >= 0.6 is 11.6 Å². The second-order valence-corrected chi connectivity index (χ2v) is 5.22. The highest BCUT2D eigenvalue weighted by molar-refractivity contribution is 6.31. The second kappa shape index (κ2) is 5.30. The number of halogens is 1. The number of hydrogen-bond donors (Lipinski definition) is 2. The fourth-order valence-corrected chi connectivity index (χ4v) is 2.37. The lowest BCUT2D eigenvalue weighted by molar-refractivity contribution is -0.142. The van der Waals surface area contributed by atoms with Gasteiger partial charge in [-0.05, 0) is 24.6 Å². The van der Waals surface area contributed by atoms with Crippen molar-refractivity contribution in [2.24, 2.45) is 5.73 Å². The first kappa shape index (κ1) is 14.6. The van der Waals surface area contributed by atoms with Crippen molar-refractivity contribution < 1.29 is 19.4 Å².